The van der Waals surface area contributed by atoms with Crippen molar-refractivity contribution in [1.29, 1.82) is 5.26 Å². The number of nitriles is 1. The second-order valence-corrected chi connectivity index (χ2v) is 4.87. The highest BCUT2D eigenvalue weighted by atomic mass is 19.4. The molecular formula is C15H9F3N6O2. The van der Waals surface area contributed by atoms with Crippen LogP contribution < -0.4 is 4.74 Å². The third kappa shape index (κ3) is 3.69. The van der Waals surface area contributed by atoms with Gasteiger partial charge in [0.2, 0.25) is 5.89 Å². The summed E-state index contributed by atoms with van der Waals surface area (Å²) in [7, 11) is 1.27. The van der Waals surface area contributed by atoms with Crippen LogP contribution in [0.5, 0.6) is 5.75 Å². The Bertz CT molecular complexity index is 999. The van der Waals surface area contributed by atoms with Gasteiger partial charge >= 0.3 is 12.1 Å². The molecule has 0 saturated carbocycles. The van der Waals surface area contributed by atoms with Crippen LogP contribution >= 0.6 is 0 Å². The molecule has 3 rings (SSSR count). The Morgan fingerprint density at radius 3 is 2.73 bits per heavy atom. The molecular weight excluding hydrogens is 353 g/mol. The van der Waals surface area contributed by atoms with Gasteiger partial charge in [0.1, 0.15) is 12.1 Å². The first-order valence-electron chi connectivity index (χ1n) is 6.98. The Kier molecular flexibility index (Phi) is 4.40. The maximum absolute atomic E-state index is 13.0. The van der Waals surface area contributed by atoms with E-state index in [-0.39, 0.29) is 28.9 Å². The second-order valence-electron chi connectivity index (χ2n) is 4.87. The SMILES string of the molecule is COc1cc(-c2ncn(C=Cc3nnc(C#N)o3)n2)cc(C(F)(F)F)c1. The third-order valence-corrected chi connectivity index (χ3v) is 3.14. The fourth-order valence-electron chi connectivity index (χ4n) is 1.98. The Balaban J connectivity index is 1.88. The van der Waals surface area contributed by atoms with Crippen LogP contribution in [0.25, 0.3) is 23.7 Å². The normalized spacial score (nSPS) is 11.7. The summed E-state index contributed by atoms with van der Waals surface area (Å²) in [5.41, 5.74) is -0.720. The van der Waals surface area contributed by atoms with Crippen LogP contribution in [0.3, 0.4) is 0 Å². The smallest absolute Gasteiger partial charge is 0.416 e. The van der Waals surface area contributed by atoms with E-state index in [0.717, 1.165) is 12.1 Å². The van der Waals surface area contributed by atoms with Gasteiger partial charge in [0.05, 0.1) is 12.7 Å². The molecule has 3 aromatic rings. The zero-order chi connectivity index (χ0) is 18.7. The van der Waals surface area contributed by atoms with E-state index in [1.165, 1.54) is 36.5 Å². The monoisotopic (exact) mass is 362 g/mol. The van der Waals surface area contributed by atoms with Crippen LogP contribution in [0.4, 0.5) is 13.2 Å². The summed E-state index contributed by atoms with van der Waals surface area (Å²) < 4.78 is 50.1. The third-order valence-electron chi connectivity index (χ3n) is 3.14. The van der Waals surface area contributed by atoms with Crippen LogP contribution in [-0.4, -0.2) is 32.1 Å². The van der Waals surface area contributed by atoms with Crippen molar-refractivity contribution in [3.63, 3.8) is 0 Å². The van der Waals surface area contributed by atoms with Crippen molar-refractivity contribution in [3.05, 3.63) is 41.9 Å². The fraction of sp³-hybridized carbons (Fsp3) is 0.133. The molecule has 0 unspecified atom stereocenters. The highest BCUT2D eigenvalue weighted by Gasteiger charge is 2.31. The molecule has 132 valence electrons. The molecule has 0 radical (unpaired) electrons. The zero-order valence-electron chi connectivity index (χ0n) is 13.1. The molecule has 0 spiro atoms. The van der Waals surface area contributed by atoms with Crippen LogP contribution in [0, 0.1) is 11.3 Å². The van der Waals surface area contributed by atoms with E-state index in [4.69, 9.17) is 14.4 Å². The lowest BCUT2D eigenvalue weighted by Gasteiger charge is -2.10. The summed E-state index contributed by atoms with van der Waals surface area (Å²) in [6, 6.07) is 4.91. The Hall–Kier alpha value is -3.68. The largest absolute Gasteiger partial charge is 0.497 e. The summed E-state index contributed by atoms with van der Waals surface area (Å²) in [5, 5.41) is 19.7. The number of hydrogen-bond donors (Lipinski definition) is 0. The first-order chi connectivity index (χ1) is 12.4. The van der Waals surface area contributed by atoms with Gasteiger partial charge in [-0.3, -0.25) is 0 Å². The maximum Gasteiger partial charge on any atom is 0.416 e. The highest BCUT2D eigenvalue weighted by molar-refractivity contribution is 5.60. The molecule has 2 aromatic heterocycles. The standard InChI is InChI=1S/C15H9F3N6O2/c1-25-11-5-9(4-10(6-11)15(16,17)18)14-20-8-24(23-14)3-2-12-21-22-13(7-19)26-12/h2-6,8H,1H3. The van der Waals surface area contributed by atoms with Crippen LogP contribution in [0.15, 0.2) is 28.9 Å². The number of benzene rings is 1. The molecule has 0 aliphatic heterocycles. The quantitative estimate of drug-likeness (QED) is 0.703. The Morgan fingerprint density at radius 1 is 1.27 bits per heavy atom. The minimum Gasteiger partial charge on any atom is -0.497 e. The van der Waals surface area contributed by atoms with E-state index in [9.17, 15) is 13.2 Å². The van der Waals surface area contributed by atoms with E-state index in [1.54, 1.807) is 6.07 Å². The number of hydrogen-bond acceptors (Lipinski definition) is 7. The van der Waals surface area contributed by atoms with Crippen LogP contribution in [0.1, 0.15) is 17.3 Å². The molecule has 26 heavy (non-hydrogen) atoms. The van der Waals surface area contributed by atoms with Crippen molar-refractivity contribution < 1.29 is 22.3 Å². The predicted octanol–water partition coefficient (Wildman–Crippen LogP) is 2.86. The number of rotatable bonds is 4. The van der Waals surface area contributed by atoms with Crippen LogP contribution in [-0.2, 0) is 6.18 Å². The molecule has 0 aliphatic carbocycles. The van der Waals surface area contributed by atoms with Crippen molar-refractivity contribution in [2.75, 3.05) is 7.11 Å². The molecule has 2 heterocycles. The van der Waals surface area contributed by atoms with E-state index in [2.05, 4.69) is 20.3 Å². The van der Waals surface area contributed by atoms with Gasteiger partial charge in [-0.05, 0) is 18.2 Å². The molecule has 8 nitrogen and oxygen atoms in total. The first kappa shape index (κ1) is 17.2. The molecule has 0 aliphatic rings. The lowest BCUT2D eigenvalue weighted by atomic mass is 10.1. The zero-order valence-corrected chi connectivity index (χ0v) is 13.1. The molecule has 0 saturated heterocycles. The molecule has 0 amide bonds. The van der Waals surface area contributed by atoms with Crippen molar-refractivity contribution in [3.8, 4) is 23.2 Å². The maximum atomic E-state index is 13.0. The first-order valence-corrected chi connectivity index (χ1v) is 6.98. The van der Waals surface area contributed by atoms with Gasteiger partial charge in [0, 0.05) is 17.8 Å². The van der Waals surface area contributed by atoms with E-state index in [0.29, 0.717) is 0 Å². The Labute approximate surface area is 144 Å². The average molecular weight is 362 g/mol. The summed E-state index contributed by atoms with van der Waals surface area (Å²) in [4.78, 5) is 3.98. The van der Waals surface area contributed by atoms with Gasteiger partial charge in [0.15, 0.2) is 11.9 Å². The van der Waals surface area contributed by atoms with Crippen LogP contribution in [0.2, 0.25) is 0 Å². The second kappa shape index (κ2) is 6.67. The van der Waals surface area contributed by atoms with Gasteiger partial charge in [-0.25, -0.2) is 9.67 Å². The number of halogens is 3. The summed E-state index contributed by atoms with van der Waals surface area (Å²) >= 11 is 0. The van der Waals surface area contributed by atoms with Gasteiger partial charge in [-0.1, -0.05) is 5.10 Å². The highest BCUT2D eigenvalue weighted by Crippen LogP contribution is 2.34. The minimum absolute atomic E-state index is 0.0385. The molecule has 11 heteroatoms. The molecule has 0 atom stereocenters. The summed E-state index contributed by atoms with van der Waals surface area (Å²) in [6.45, 7) is 0. The number of ether oxygens (including phenoxy) is 1. The van der Waals surface area contributed by atoms with Crippen molar-refractivity contribution in [2.24, 2.45) is 0 Å². The molecule has 1 aromatic carbocycles. The number of nitrogens with zero attached hydrogens (tertiary/aromatic N) is 6. The van der Waals surface area contributed by atoms with Gasteiger partial charge in [-0.15, -0.1) is 10.2 Å². The summed E-state index contributed by atoms with van der Waals surface area (Å²) in [6.07, 6.45) is -0.461. The molecule has 0 fully saturated rings. The van der Waals surface area contributed by atoms with E-state index in [1.807, 2.05) is 0 Å². The lowest BCUT2D eigenvalue weighted by Crippen LogP contribution is -2.05. The van der Waals surface area contributed by atoms with E-state index < -0.39 is 11.7 Å². The summed E-state index contributed by atoms with van der Waals surface area (Å²) in [5.74, 6) is -0.0155. The fourth-order valence-corrected chi connectivity index (χ4v) is 1.98. The minimum atomic E-state index is -4.53. The number of alkyl halides is 3. The molecule has 0 N–H and O–H groups in total. The van der Waals surface area contributed by atoms with E-state index >= 15 is 0 Å². The topological polar surface area (TPSA) is 103 Å². The predicted molar refractivity (Wildman–Crippen MR) is 81.2 cm³/mol. The Morgan fingerprint density at radius 2 is 2.08 bits per heavy atom. The molecule has 0 bridgehead atoms. The van der Waals surface area contributed by atoms with Gasteiger partial charge < -0.3 is 9.15 Å². The number of methoxy groups -OCH3 is 1. The van der Waals surface area contributed by atoms with Gasteiger partial charge in [-0.2, -0.15) is 18.4 Å². The number of aromatic nitrogens is 5. The average Bonchev–Trinajstić information content (AvgIpc) is 3.28. The van der Waals surface area contributed by atoms with Crippen molar-refractivity contribution in [1.82, 2.24) is 25.0 Å². The van der Waals surface area contributed by atoms with Gasteiger partial charge in [0.25, 0.3) is 0 Å². The lowest BCUT2D eigenvalue weighted by molar-refractivity contribution is -0.137. The van der Waals surface area contributed by atoms with Crippen molar-refractivity contribution >= 4 is 12.3 Å². The van der Waals surface area contributed by atoms with Crippen molar-refractivity contribution in [2.45, 2.75) is 6.18 Å².